The molecule has 1 N–H and O–H groups in total. The highest BCUT2D eigenvalue weighted by Crippen LogP contribution is 2.19. The minimum atomic E-state index is 0.329. The van der Waals surface area contributed by atoms with Gasteiger partial charge in [-0.1, -0.05) is 11.6 Å². The maximum absolute atomic E-state index is 6.04. The number of likely N-dealkylation sites (tertiary alicyclic amines) is 1. The van der Waals surface area contributed by atoms with Gasteiger partial charge in [-0.15, -0.1) is 0 Å². The number of rotatable bonds is 10. The molecule has 0 amide bonds. The summed E-state index contributed by atoms with van der Waals surface area (Å²) >= 11 is 6.04. The van der Waals surface area contributed by atoms with E-state index in [4.69, 9.17) is 25.8 Å². The van der Waals surface area contributed by atoms with Crippen LogP contribution in [0.5, 0.6) is 5.88 Å². The maximum Gasteiger partial charge on any atom is 0.232 e. The number of ether oxygens (including phenoxy) is 3. The zero-order valence-electron chi connectivity index (χ0n) is 16.3. The fourth-order valence-corrected chi connectivity index (χ4v) is 3.06. The summed E-state index contributed by atoms with van der Waals surface area (Å²) in [5.41, 5.74) is 0. The first-order chi connectivity index (χ1) is 13.2. The molecule has 27 heavy (non-hydrogen) atoms. The lowest BCUT2D eigenvalue weighted by Gasteiger charge is -2.34. The average Bonchev–Trinajstić information content (AvgIpc) is 2.69. The molecule has 0 spiro atoms. The van der Waals surface area contributed by atoms with Gasteiger partial charge >= 0.3 is 0 Å². The molecule has 0 saturated carbocycles. The number of nitrogens with zero attached hydrogens (tertiary/aromatic N) is 3. The molecule has 2 rings (SSSR count). The average molecular weight is 399 g/mol. The summed E-state index contributed by atoms with van der Waals surface area (Å²) in [5, 5.41) is 3.87. The number of hydrogen-bond acceptors (Lipinski definition) is 5. The summed E-state index contributed by atoms with van der Waals surface area (Å²) in [4.78, 5) is 11.1. The van der Waals surface area contributed by atoms with E-state index >= 15 is 0 Å². The van der Waals surface area contributed by atoms with E-state index < -0.39 is 0 Å². The number of piperidine rings is 1. The van der Waals surface area contributed by atoms with Gasteiger partial charge in [0, 0.05) is 46.2 Å². The largest absolute Gasteiger partial charge is 0.475 e. The van der Waals surface area contributed by atoms with Gasteiger partial charge in [0.25, 0.3) is 0 Å². The molecule has 0 unspecified atom stereocenters. The first kappa shape index (κ1) is 21.7. The van der Waals surface area contributed by atoms with Crippen molar-refractivity contribution in [2.45, 2.75) is 32.3 Å². The first-order valence-electron chi connectivity index (χ1n) is 9.61. The number of guanidine groups is 1. The Morgan fingerprint density at radius 3 is 2.85 bits per heavy atom. The van der Waals surface area contributed by atoms with Crippen LogP contribution in [0.4, 0.5) is 0 Å². The van der Waals surface area contributed by atoms with E-state index in [1.54, 1.807) is 25.4 Å². The Balaban J connectivity index is 1.74. The molecule has 1 saturated heterocycles. The summed E-state index contributed by atoms with van der Waals surface area (Å²) in [5.74, 6) is 1.37. The van der Waals surface area contributed by atoms with Crippen molar-refractivity contribution in [1.29, 1.82) is 0 Å². The molecule has 1 aromatic heterocycles. The van der Waals surface area contributed by atoms with Gasteiger partial charge in [0.05, 0.1) is 12.6 Å². The van der Waals surface area contributed by atoms with Crippen molar-refractivity contribution in [3.8, 4) is 5.88 Å². The number of nitrogens with one attached hydrogen (secondary N) is 1. The van der Waals surface area contributed by atoms with Crippen LogP contribution in [0.1, 0.15) is 26.2 Å². The standard InChI is InChI=1S/C19H31ClN4O3/c1-3-21-19(23-10-15-27-18-17(20)6-4-9-22-18)24-11-7-16(8-12-24)26-14-5-13-25-2/h4,6,9,16H,3,5,7-8,10-15H2,1-2H3,(H,21,23). The smallest absolute Gasteiger partial charge is 0.232 e. The lowest BCUT2D eigenvalue weighted by molar-refractivity contribution is 0.00989. The van der Waals surface area contributed by atoms with Crippen LogP contribution in [0.15, 0.2) is 23.3 Å². The molecule has 1 aliphatic rings. The van der Waals surface area contributed by atoms with Crippen molar-refractivity contribution >= 4 is 17.6 Å². The van der Waals surface area contributed by atoms with Gasteiger partial charge in [-0.25, -0.2) is 9.98 Å². The van der Waals surface area contributed by atoms with E-state index in [2.05, 4.69) is 27.1 Å². The molecule has 1 aromatic rings. The number of aromatic nitrogens is 1. The van der Waals surface area contributed by atoms with Gasteiger partial charge in [-0.2, -0.15) is 0 Å². The third-order valence-electron chi connectivity index (χ3n) is 4.24. The molecule has 1 fully saturated rings. The van der Waals surface area contributed by atoms with Crippen molar-refractivity contribution in [1.82, 2.24) is 15.2 Å². The van der Waals surface area contributed by atoms with Gasteiger partial charge in [-0.3, -0.25) is 0 Å². The van der Waals surface area contributed by atoms with Crippen LogP contribution in [0, 0.1) is 0 Å². The fourth-order valence-electron chi connectivity index (χ4n) is 2.88. The third-order valence-corrected chi connectivity index (χ3v) is 4.53. The Hall–Kier alpha value is -1.57. The van der Waals surface area contributed by atoms with Crippen molar-refractivity contribution in [3.05, 3.63) is 23.4 Å². The highest BCUT2D eigenvalue weighted by atomic mass is 35.5. The second-order valence-electron chi connectivity index (χ2n) is 6.28. The van der Waals surface area contributed by atoms with E-state index in [9.17, 15) is 0 Å². The van der Waals surface area contributed by atoms with Crippen LogP contribution in [0.2, 0.25) is 5.02 Å². The minimum Gasteiger partial charge on any atom is -0.475 e. The van der Waals surface area contributed by atoms with Gasteiger partial charge in [-0.05, 0) is 38.3 Å². The van der Waals surface area contributed by atoms with Gasteiger partial charge < -0.3 is 24.4 Å². The maximum atomic E-state index is 6.04. The van der Waals surface area contributed by atoms with Crippen molar-refractivity contribution in [2.75, 3.05) is 53.1 Å². The van der Waals surface area contributed by atoms with Crippen LogP contribution in [-0.4, -0.2) is 75.1 Å². The molecule has 7 nitrogen and oxygen atoms in total. The number of halogens is 1. The second kappa shape index (κ2) is 12.8. The molecule has 0 aliphatic carbocycles. The van der Waals surface area contributed by atoms with Crippen LogP contribution < -0.4 is 10.1 Å². The van der Waals surface area contributed by atoms with E-state index in [0.717, 1.165) is 58.1 Å². The number of methoxy groups -OCH3 is 1. The lowest BCUT2D eigenvalue weighted by atomic mass is 10.1. The molecule has 152 valence electrons. The Morgan fingerprint density at radius 2 is 2.15 bits per heavy atom. The summed E-state index contributed by atoms with van der Waals surface area (Å²) < 4.78 is 16.6. The lowest BCUT2D eigenvalue weighted by Crippen LogP contribution is -2.47. The normalized spacial score (nSPS) is 15.8. The van der Waals surface area contributed by atoms with Gasteiger partial charge in [0.2, 0.25) is 5.88 Å². The summed E-state index contributed by atoms with van der Waals surface area (Å²) in [6.45, 7) is 7.28. The molecule has 2 heterocycles. The highest BCUT2D eigenvalue weighted by Gasteiger charge is 2.21. The third kappa shape index (κ3) is 7.91. The number of hydrogen-bond donors (Lipinski definition) is 1. The molecule has 0 radical (unpaired) electrons. The Morgan fingerprint density at radius 1 is 1.33 bits per heavy atom. The molecule has 0 aromatic carbocycles. The molecule has 8 heteroatoms. The van der Waals surface area contributed by atoms with Crippen molar-refractivity contribution in [3.63, 3.8) is 0 Å². The predicted octanol–water partition coefficient (Wildman–Crippen LogP) is 2.60. The van der Waals surface area contributed by atoms with Crippen LogP contribution in [0.25, 0.3) is 0 Å². The fraction of sp³-hybridized carbons (Fsp3) is 0.684. The molecular formula is C19H31ClN4O3. The highest BCUT2D eigenvalue weighted by molar-refractivity contribution is 6.31. The molecule has 0 bridgehead atoms. The van der Waals surface area contributed by atoms with E-state index in [0.29, 0.717) is 30.2 Å². The monoisotopic (exact) mass is 398 g/mol. The number of pyridine rings is 1. The van der Waals surface area contributed by atoms with E-state index in [1.807, 2.05) is 0 Å². The van der Waals surface area contributed by atoms with E-state index in [-0.39, 0.29) is 0 Å². The Bertz CT molecular complexity index is 566. The quantitative estimate of drug-likeness (QED) is 0.371. The second-order valence-corrected chi connectivity index (χ2v) is 6.69. The molecular weight excluding hydrogens is 368 g/mol. The summed E-state index contributed by atoms with van der Waals surface area (Å²) in [7, 11) is 1.72. The van der Waals surface area contributed by atoms with Crippen molar-refractivity contribution < 1.29 is 14.2 Å². The topological polar surface area (TPSA) is 68.2 Å². The van der Waals surface area contributed by atoms with E-state index in [1.165, 1.54) is 0 Å². The molecule has 0 atom stereocenters. The minimum absolute atomic E-state index is 0.329. The first-order valence-corrected chi connectivity index (χ1v) is 9.99. The zero-order valence-corrected chi connectivity index (χ0v) is 17.1. The SMILES string of the molecule is CCNC(=NCCOc1ncccc1Cl)N1CCC(OCCCOC)CC1. The summed E-state index contributed by atoms with van der Waals surface area (Å²) in [6, 6.07) is 3.54. The van der Waals surface area contributed by atoms with Crippen LogP contribution >= 0.6 is 11.6 Å². The zero-order chi connectivity index (χ0) is 19.3. The van der Waals surface area contributed by atoms with Crippen molar-refractivity contribution in [2.24, 2.45) is 4.99 Å². The van der Waals surface area contributed by atoms with Crippen LogP contribution in [-0.2, 0) is 9.47 Å². The Kier molecular flexibility index (Phi) is 10.3. The van der Waals surface area contributed by atoms with Gasteiger partial charge in [0.1, 0.15) is 11.6 Å². The van der Waals surface area contributed by atoms with Gasteiger partial charge in [0.15, 0.2) is 5.96 Å². The van der Waals surface area contributed by atoms with Crippen LogP contribution in [0.3, 0.4) is 0 Å². The molecule has 1 aliphatic heterocycles. The predicted molar refractivity (Wildman–Crippen MR) is 108 cm³/mol. The number of aliphatic imine (C=N–C) groups is 1. The summed E-state index contributed by atoms with van der Waals surface area (Å²) in [6.07, 6.45) is 4.96. The Labute approximate surface area is 167 Å².